The highest BCUT2D eigenvalue weighted by Gasteiger charge is 2.01. The first-order valence-electron chi connectivity index (χ1n) is 3.04. The van der Waals surface area contributed by atoms with Crippen molar-refractivity contribution in [1.29, 1.82) is 0 Å². The van der Waals surface area contributed by atoms with E-state index >= 15 is 0 Å². The van der Waals surface area contributed by atoms with Crippen molar-refractivity contribution >= 4 is 10.7 Å². The summed E-state index contributed by atoms with van der Waals surface area (Å²) in [6.45, 7) is -0.737. The van der Waals surface area contributed by atoms with Gasteiger partial charge in [0.05, 0.1) is 4.90 Å². The zero-order valence-electron chi connectivity index (χ0n) is 5.66. The lowest BCUT2D eigenvalue weighted by Gasteiger charge is -1.96. The van der Waals surface area contributed by atoms with Crippen molar-refractivity contribution < 1.29 is 12.8 Å². The van der Waals surface area contributed by atoms with E-state index in [4.69, 9.17) is 0 Å². The minimum Gasteiger partial charge on any atom is -0.246 e. The third-order valence-electron chi connectivity index (χ3n) is 1.33. The lowest BCUT2D eigenvalue weighted by atomic mass is 10.2. The number of rotatable bonds is 2. The maximum absolute atomic E-state index is 12.1. The standard InChI is InChI=1S/C7H7FO2S/c8-5-6-3-1-2-4-7(6)11(9)10/h1-4,11H,5H2. The normalized spacial score (nSPS) is 10.4. The highest BCUT2D eigenvalue weighted by atomic mass is 32.2. The molecular weight excluding hydrogens is 167 g/mol. The van der Waals surface area contributed by atoms with E-state index in [1.165, 1.54) is 12.1 Å². The van der Waals surface area contributed by atoms with Gasteiger partial charge in [-0.3, -0.25) is 0 Å². The molecule has 4 heteroatoms. The summed E-state index contributed by atoms with van der Waals surface area (Å²) in [6.07, 6.45) is 0. The number of halogens is 1. The molecule has 0 amide bonds. The van der Waals surface area contributed by atoms with E-state index in [9.17, 15) is 12.8 Å². The van der Waals surface area contributed by atoms with E-state index < -0.39 is 17.4 Å². The van der Waals surface area contributed by atoms with Crippen molar-refractivity contribution in [3.8, 4) is 0 Å². The van der Waals surface area contributed by atoms with E-state index in [0.717, 1.165) is 0 Å². The van der Waals surface area contributed by atoms with Crippen LogP contribution in [0.15, 0.2) is 29.2 Å². The first-order valence-corrected chi connectivity index (χ1v) is 4.21. The second-order valence-corrected chi connectivity index (χ2v) is 3.02. The van der Waals surface area contributed by atoms with E-state index in [2.05, 4.69) is 0 Å². The first-order chi connectivity index (χ1) is 5.25. The Hall–Kier alpha value is -0.900. The molecule has 1 aromatic rings. The van der Waals surface area contributed by atoms with Crippen LogP contribution < -0.4 is 0 Å². The lowest BCUT2D eigenvalue weighted by Crippen LogP contribution is -1.87. The summed E-state index contributed by atoms with van der Waals surface area (Å²) in [5.74, 6) is 0. The Morgan fingerprint density at radius 2 is 1.91 bits per heavy atom. The van der Waals surface area contributed by atoms with Gasteiger partial charge in [0.2, 0.25) is 0 Å². The van der Waals surface area contributed by atoms with Gasteiger partial charge in [0.15, 0.2) is 10.7 Å². The molecule has 0 aliphatic heterocycles. The fourth-order valence-electron chi connectivity index (χ4n) is 0.802. The van der Waals surface area contributed by atoms with E-state index in [0.29, 0.717) is 0 Å². The van der Waals surface area contributed by atoms with E-state index in [-0.39, 0.29) is 10.5 Å². The number of hydrogen-bond acceptors (Lipinski definition) is 2. The van der Waals surface area contributed by atoms with Crippen LogP contribution in [0.1, 0.15) is 5.56 Å². The maximum atomic E-state index is 12.1. The van der Waals surface area contributed by atoms with Crippen LogP contribution in [-0.2, 0) is 17.4 Å². The summed E-state index contributed by atoms with van der Waals surface area (Å²) in [5.41, 5.74) is 0.226. The molecule has 0 fully saturated rings. The monoisotopic (exact) mass is 174 g/mol. The Morgan fingerprint density at radius 3 is 2.36 bits per heavy atom. The van der Waals surface area contributed by atoms with Gasteiger partial charge in [0.1, 0.15) is 6.67 Å². The van der Waals surface area contributed by atoms with Gasteiger partial charge in [0.25, 0.3) is 0 Å². The average molecular weight is 174 g/mol. The Morgan fingerprint density at radius 1 is 1.27 bits per heavy atom. The largest absolute Gasteiger partial charge is 0.246 e. The molecular formula is C7H7FO2S. The molecule has 0 aliphatic carbocycles. The van der Waals surface area contributed by atoms with Gasteiger partial charge in [-0.2, -0.15) is 0 Å². The van der Waals surface area contributed by atoms with Gasteiger partial charge in [-0.1, -0.05) is 18.2 Å². The third kappa shape index (κ3) is 1.77. The molecule has 0 atom stereocenters. The number of alkyl halides is 1. The van der Waals surface area contributed by atoms with Crippen LogP contribution in [0.4, 0.5) is 4.39 Å². The molecule has 1 aromatic carbocycles. The third-order valence-corrected chi connectivity index (χ3v) is 2.16. The van der Waals surface area contributed by atoms with Crippen molar-refractivity contribution in [2.45, 2.75) is 11.6 Å². The van der Waals surface area contributed by atoms with Crippen LogP contribution in [0, 0.1) is 0 Å². The van der Waals surface area contributed by atoms with Crippen LogP contribution in [0.5, 0.6) is 0 Å². The topological polar surface area (TPSA) is 34.1 Å². The zero-order chi connectivity index (χ0) is 8.27. The smallest absolute Gasteiger partial charge is 0.168 e. The van der Waals surface area contributed by atoms with Crippen LogP contribution in [0.25, 0.3) is 0 Å². The molecule has 60 valence electrons. The molecule has 1 rings (SSSR count). The minimum atomic E-state index is -2.66. The number of hydrogen-bond donors (Lipinski definition) is 1. The fraction of sp³-hybridized carbons (Fsp3) is 0.143. The molecule has 11 heavy (non-hydrogen) atoms. The molecule has 0 bridgehead atoms. The molecule has 0 aromatic heterocycles. The molecule has 0 heterocycles. The summed E-state index contributed by atoms with van der Waals surface area (Å²) in [4.78, 5) is 0.0741. The second-order valence-electron chi connectivity index (χ2n) is 2.02. The highest BCUT2D eigenvalue weighted by molar-refractivity contribution is 7.72. The van der Waals surface area contributed by atoms with Gasteiger partial charge in [-0.05, 0) is 6.07 Å². The first kappa shape index (κ1) is 8.20. The molecule has 0 aliphatic rings. The number of thiol groups is 1. The molecule has 0 unspecified atom stereocenters. The van der Waals surface area contributed by atoms with Crippen molar-refractivity contribution in [2.75, 3.05) is 0 Å². The second kappa shape index (κ2) is 3.48. The summed E-state index contributed by atoms with van der Waals surface area (Å²) in [7, 11) is -2.66. The van der Waals surface area contributed by atoms with Crippen LogP contribution >= 0.6 is 0 Å². The summed E-state index contributed by atoms with van der Waals surface area (Å²) in [5, 5.41) is 0. The van der Waals surface area contributed by atoms with Crippen LogP contribution in [0.3, 0.4) is 0 Å². The van der Waals surface area contributed by atoms with Gasteiger partial charge in [-0.15, -0.1) is 0 Å². The Balaban J connectivity index is 3.23. The van der Waals surface area contributed by atoms with Crippen LogP contribution in [-0.4, -0.2) is 8.42 Å². The van der Waals surface area contributed by atoms with Gasteiger partial charge >= 0.3 is 0 Å². The number of benzene rings is 1. The van der Waals surface area contributed by atoms with Crippen LogP contribution in [0.2, 0.25) is 0 Å². The minimum absolute atomic E-state index is 0.0741. The van der Waals surface area contributed by atoms with Gasteiger partial charge < -0.3 is 0 Å². The zero-order valence-corrected chi connectivity index (χ0v) is 6.55. The summed E-state index contributed by atoms with van der Waals surface area (Å²) < 4.78 is 33.0. The Bertz CT molecular complexity index is 312. The summed E-state index contributed by atoms with van der Waals surface area (Å²) in [6, 6.07) is 6.03. The quantitative estimate of drug-likeness (QED) is 0.682. The van der Waals surface area contributed by atoms with Crippen molar-refractivity contribution in [3.05, 3.63) is 29.8 Å². The predicted molar refractivity (Wildman–Crippen MR) is 39.8 cm³/mol. The van der Waals surface area contributed by atoms with Crippen molar-refractivity contribution in [2.24, 2.45) is 0 Å². The van der Waals surface area contributed by atoms with Crippen molar-refractivity contribution in [1.82, 2.24) is 0 Å². The molecule has 0 radical (unpaired) electrons. The predicted octanol–water partition coefficient (Wildman–Crippen LogP) is 1.13. The average Bonchev–Trinajstić information content (AvgIpc) is 2.04. The molecule has 0 saturated carbocycles. The van der Waals surface area contributed by atoms with E-state index in [1.807, 2.05) is 0 Å². The van der Waals surface area contributed by atoms with E-state index in [1.54, 1.807) is 12.1 Å². The highest BCUT2D eigenvalue weighted by Crippen LogP contribution is 2.10. The molecule has 0 saturated heterocycles. The fourth-order valence-corrected chi connectivity index (χ4v) is 1.38. The lowest BCUT2D eigenvalue weighted by molar-refractivity contribution is 0.478. The molecule has 0 N–H and O–H groups in total. The molecule has 0 spiro atoms. The Kier molecular flexibility index (Phi) is 2.59. The summed E-state index contributed by atoms with van der Waals surface area (Å²) >= 11 is 0. The maximum Gasteiger partial charge on any atom is 0.168 e. The SMILES string of the molecule is O=[SH](=O)c1ccccc1CF. The molecule has 2 nitrogen and oxygen atoms in total. The van der Waals surface area contributed by atoms with Gasteiger partial charge in [0, 0.05) is 5.56 Å². The van der Waals surface area contributed by atoms with Gasteiger partial charge in [-0.25, -0.2) is 12.8 Å². The Labute approximate surface area is 65.6 Å². The van der Waals surface area contributed by atoms with Crippen molar-refractivity contribution in [3.63, 3.8) is 0 Å².